The van der Waals surface area contributed by atoms with Crippen LogP contribution in [-0.2, 0) is 43.2 Å². The van der Waals surface area contributed by atoms with Gasteiger partial charge in [-0.05, 0) is 45.4 Å². The molecular formula is C30H50N8O13. The monoisotopic (exact) mass is 730 g/mol. The Morgan fingerprint density at radius 2 is 1.33 bits per heavy atom. The van der Waals surface area contributed by atoms with Gasteiger partial charge in [-0.2, -0.15) is 0 Å². The lowest BCUT2D eigenvalue weighted by atomic mass is 10.0. The summed E-state index contributed by atoms with van der Waals surface area (Å²) >= 11 is 0. The summed E-state index contributed by atoms with van der Waals surface area (Å²) in [7, 11) is 0. The SMILES string of the molecule is CC(C)[C@H](N)C(=O)N[C@@H](CO)C(=O)N[C@@H](CCC(N)=O)C(=O)N1CCC[C@H]1C(=O)N[C@@H](CCC(=O)O)C(=O)N[C@@H](C)C(=O)N[C@H](C(=O)O)[C@@H](C)O. The number of carboxylic acids is 2. The molecule has 0 unspecified atom stereocenters. The van der Waals surface area contributed by atoms with E-state index in [9.17, 15) is 63.6 Å². The van der Waals surface area contributed by atoms with E-state index >= 15 is 0 Å². The molecule has 1 saturated heterocycles. The number of carbonyl (C=O) groups excluding carboxylic acids is 7. The Morgan fingerprint density at radius 3 is 1.84 bits per heavy atom. The van der Waals surface area contributed by atoms with Crippen LogP contribution < -0.4 is 38.1 Å². The highest BCUT2D eigenvalue weighted by atomic mass is 16.4. The summed E-state index contributed by atoms with van der Waals surface area (Å²) in [5.74, 6) is -9.42. The van der Waals surface area contributed by atoms with Crippen LogP contribution in [-0.4, -0.2) is 140 Å². The third kappa shape index (κ3) is 14.1. The quantitative estimate of drug-likeness (QED) is 0.0527. The molecule has 21 nitrogen and oxygen atoms in total. The van der Waals surface area contributed by atoms with Gasteiger partial charge < -0.3 is 63.4 Å². The van der Waals surface area contributed by atoms with Crippen LogP contribution in [0.25, 0.3) is 0 Å². The highest BCUT2D eigenvalue weighted by Crippen LogP contribution is 2.20. The first kappa shape index (κ1) is 44.1. The molecule has 7 amide bonds. The van der Waals surface area contributed by atoms with Crippen molar-refractivity contribution < 1.29 is 63.6 Å². The molecule has 0 aliphatic carbocycles. The number of likely N-dealkylation sites (tertiary alicyclic amines) is 1. The van der Waals surface area contributed by atoms with Crippen LogP contribution in [0, 0.1) is 5.92 Å². The topological polar surface area (TPSA) is 350 Å². The molecule has 51 heavy (non-hydrogen) atoms. The van der Waals surface area contributed by atoms with Crippen molar-refractivity contribution in [2.24, 2.45) is 17.4 Å². The molecule has 13 N–H and O–H groups in total. The molecule has 1 aliphatic rings. The molecule has 21 heteroatoms. The number of nitrogens with two attached hydrogens (primary N) is 2. The number of hydrogen-bond donors (Lipinski definition) is 11. The zero-order chi connectivity index (χ0) is 39.2. The van der Waals surface area contributed by atoms with Crippen LogP contribution in [0.5, 0.6) is 0 Å². The molecule has 0 aromatic heterocycles. The summed E-state index contributed by atoms with van der Waals surface area (Å²) in [6.45, 7) is 4.78. The van der Waals surface area contributed by atoms with Crippen molar-refractivity contribution in [3.05, 3.63) is 0 Å². The fraction of sp³-hybridized carbons (Fsp3) is 0.700. The smallest absolute Gasteiger partial charge is 0.328 e. The van der Waals surface area contributed by atoms with E-state index in [0.717, 1.165) is 11.8 Å². The van der Waals surface area contributed by atoms with Gasteiger partial charge in [-0.1, -0.05) is 13.8 Å². The number of aliphatic hydroxyl groups is 2. The van der Waals surface area contributed by atoms with Gasteiger partial charge in [0.1, 0.15) is 30.2 Å². The number of rotatable bonds is 21. The van der Waals surface area contributed by atoms with Gasteiger partial charge in [-0.3, -0.25) is 38.4 Å². The van der Waals surface area contributed by atoms with Gasteiger partial charge in [0.05, 0.1) is 18.8 Å². The van der Waals surface area contributed by atoms with Crippen molar-refractivity contribution in [3.63, 3.8) is 0 Å². The minimum absolute atomic E-state index is 0.000483. The van der Waals surface area contributed by atoms with Gasteiger partial charge >= 0.3 is 11.9 Å². The zero-order valence-electron chi connectivity index (χ0n) is 28.9. The lowest BCUT2D eigenvalue weighted by molar-refractivity contribution is -0.145. The molecule has 0 radical (unpaired) electrons. The van der Waals surface area contributed by atoms with Gasteiger partial charge in [0.2, 0.25) is 41.4 Å². The summed E-state index contributed by atoms with van der Waals surface area (Å²) in [6, 6.07) is -9.85. The van der Waals surface area contributed by atoms with E-state index in [1.54, 1.807) is 13.8 Å². The van der Waals surface area contributed by atoms with Crippen molar-refractivity contribution in [3.8, 4) is 0 Å². The number of nitrogens with one attached hydrogen (secondary N) is 5. The minimum atomic E-state index is -1.70. The second-order valence-corrected chi connectivity index (χ2v) is 12.6. The van der Waals surface area contributed by atoms with E-state index in [0.29, 0.717) is 6.42 Å². The molecule has 1 rings (SSSR count). The van der Waals surface area contributed by atoms with Crippen LogP contribution in [0.15, 0.2) is 0 Å². The second kappa shape index (κ2) is 20.7. The summed E-state index contributed by atoms with van der Waals surface area (Å²) in [6.07, 6.45) is -2.84. The maximum Gasteiger partial charge on any atom is 0.328 e. The predicted molar refractivity (Wildman–Crippen MR) is 175 cm³/mol. The number of nitrogens with zero attached hydrogens (tertiary/aromatic N) is 1. The Morgan fingerprint density at radius 1 is 0.765 bits per heavy atom. The molecule has 0 aromatic carbocycles. The number of carbonyl (C=O) groups is 9. The largest absolute Gasteiger partial charge is 0.481 e. The molecule has 1 heterocycles. The van der Waals surface area contributed by atoms with Crippen LogP contribution in [0.1, 0.15) is 66.2 Å². The molecule has 8 atom stereocenters. The summed E-state index contributed by atoms with van der Waals surface area (Å²) < 4.78 is 0. The summed E-state index contributed by atoms with van der Waals surface area (Å²) in [4.78, 5) is 114. The number of carboxylic acid groups (broad SMARTS) is 2. The molecule has 0 saturated carbocycles. The van der Waals surface area contributed by atoms with Gasteiger partial charge in [-0.15, -0.1) is 0 Å². The molecule has 1 aliphatic heterocycles. The first-order chi connectivity index (χ1) is 23.7. The highest BCUT2D eigenvalue weighted by molar-refractivity contribution is 5.97. The van der Waals surface area contributed by atoms with Crippen LogP contribution in [0.2, 0.25) is 0 Å². The molecule has 0 spiro atoms. The molecule has 0 aromatic rings. The van der Waals surface area contributed by atoms with Crippen LogP contribution in [0.3, 0.4) is 0 Å². The maximum atomic E-state index is 13.7. The lowest BCUT2D eigenvalue weighted by Gasteiger charge is -2.30. The molecular weight excluding hydrogens is 680 g/mol. The van der Waals surface area contributed by atoms with Gasteiger partial charge in [0, 0.05) is 19.4 Å². The number of hydrogen-bond acceptors (Lipinski definition) is 12. The van der Waals surface area contributed by atoms with E-state index in [2.05, 4.69) is 26.6 Å². The standard InChI is InChI=1S/C30H50N8O13/c1-13(2)22(32)28(48)36-18(12-39)26(46)35-17(7-9-20(31)41)29(49)38-11-5-6-19(38)27(47)34-16(8-10-21(42)43)25(45)33-14(3)24(44)37-23(15(4)40)30(50)51/h13-19,22-23,39-40H,5-12,32H2,1-4H3,(H2,31,41)(H,33,45)(H,34,47)(H,35,46)(H,36,48)(H,37,44)(H,42,43)(H,50,51)/t14-,15+,16-,17-,18-,19-,22-,23-/m0/s1. The highest BCUT2D eigenvalue weighted by Gasteiger charge is 2.40. The fourth-order valence-electron chi connectivity index (χ4n) is 4.94. The number of aliphatic carboxylic acids is 2. The van der Waals surface area contributed by atoms with E-state index in [-0.39, 0.29) is 31.7 Å². The Balaban J connectivity index is 3.17. The van der Waals surface area contributed by atoms with Gasteiger partial charge in [0.15, 0.2) is 6.04 Å². The second-order valence-electron chi connectivity index (χ2n) is 12.6. The Bertz CT molecular complexity index is 1310. The van der Waals surface area contributed by atoms with E-state index in [1.165, 1.54) is 6.92 Å². The summed E-state index contributed by atoms with van der Waals surface area (Å²) in [5, 5.41) is 49.2. The number of aliphatic hydroxyl groups excluding tert-OH is 2. The maximum absolute atomic E-state index is 13.7. The van der Waals surface area contributed by atoms with Crippen LogP contribution in [0.4, 0.5) is 0 Å². The van der Waals surface area contributed by atoms with Gasteiger partial charge in [-0.25, -0.2) is 4.79 Å². The molecule has 1 fully saturated rings. The van der Waals surface area contributed by atoms with E-state index < -0.39 is 121 Å². The molecule has 0 bridgehead atoms. The Hall–Kier alpha value is -4.89. The lowest BCUT2D eigenvalue weighted by Crippen LogP contribution is -2.60. The average molecular weight is 731 g/mol. The fourth-order valence-corrected chi connectivity index (χ4v) is 4.94. The molecule has 288 valence electrons. The van der Waals surface area contributed by atoms with Crippen LogP contribution >= 0.6 is 0 Å². The number of amides is 7. The van der Waals surface area contributed by atoms with Crippen molar-refractivity contribution in [1.82, 2.24) is 31.5 Å². The zero-order valence-corrected chi connectivity index (χ0v) is 28.9. The minimum Gasteiger partial charge on any atom is -0.481 e. The Labute approximate surface area is 293 Å². The van der Waals surface area contributed by atoms with Gasteiger partial charge in [0.25, 0.3) is 0 Å². The van der Waals surface area contributed by atoms with Crippen molar-refractivity contribution in [2.75, 3.05) is 13.2 Å². The van der Waals surface area contributed by atoms with Crippen molar-refractivity contribution in [1.29, 1.82) is 0 Å². The van der Waals surface area contributed by atoms with E-state index in [4.69, 9.17) is 11.5 Å². The predicted octanol–water partition coefficient (Wildman–Crippen LogP) is -5.01. The Kier molecular flexibility index (Phi) is 17.9. The first-order valence-electron chi connectivity index (χ1n) is 16.3. The third-order valence-corrected chi connectivity index (χ3v) is 8.05. The van der Waals surface area contributed by atoms with Crippen molar-refractivity contribution >= 4 is 53.3 Å². The van der Waals surface area contributed by atoms with Crippen molar-refractivity contribution in [2.45, 2.75) is 115 Å². The average Bonchev–Trinajstić information content (AvgIpc) is 3.54. The number of primary amides is 1. The normalized spacial score (nSPS) is 18.2. The third-order valence-electron chi connectivity index (χ3n) is 8.05. The summed E-state index contributed by atoms with van der Waals surface area (Å²) in [5.41, 5.74) is 11.1. The van der Waals surface area contributed by atoms with E-state index in [1.807, 2.05) is 0 Å². The first-order valence-corrected chi connectivity index (χ1v) is 16.3.